The minimum Gasteiger partial charge on any atom is -0.492 e. The van der Waals surface area contributed by atoms with Crippen LogP contribution in [-0.2, 0) is 9.59 Å². The average molecular weight is 509 g/mol. The number of halogens is 2. The first-order valence-corrected chi connectivity index (χ1v) is 10.7. The zero-order chi connectivity index (χ0) is 22.5. The van der Waals surface area contributed by atoms with Crippen molar-refractivity contribution < 1.29 is 28.2 Å². The van der Waals surface area contributed by atoms with Gasteiger partial charge in [0, 0.05) is 5.69 Å². The largest absolute Gasteiger partial charge is 0.492 e. The molecule has 0 spiro atoms. The van der Waals surface area contributed by atoms with Crippen molar-refractivity contribution in [3.63, 3.8) is 0 Å². The summed E-state index contributed by atoms with van der Waals surface area (Å²) in [5, 5.41) is 1.90. The summed E-state index contributed by atoms with van der Waals surface area (Å²) in [6.07, 6.45) is 1.54. The molecular weight excluding hydrogens is 491 g/mol. The Bertz CT molecular complexity index is 1080. The van der Waals surface area contributed by atoms with Gasteiger partial charge >= 0.3 is 0 Å². The third kappa shape index (κ3) is 5.45. The van der Waals surface area contributed by atoms with Gasteiger partial charge in [-0.2, -0.15) is 0 Å². The Morgan fingerprint density at radius 3 is 2.74 bits per heavy atom. The topological polar surface area (TPSA) is 84.9 Å². The monoisotopic (exact) mass is 508 g/mol. The number of hydrogen-bond acceptors (Lipinski definition) is 6. The highest BCUT2D eigenvalue weighted by atomic mass is 79.9. The first kappa shape index (κ1) is 22.8. The summed E-state index contributed by atoms with van der Waals surface area (Å²) in [5.74, 6) is -0.710. The maximum Gasteiger partial charge on any atom is 0.294 e. The molecule has 1 aliphatic rings. The number of ether oxygens (including phenoxy) is 2. The smallest absolute Gasteiger partial charge is 0.294 e. The second kappa shape index (κ2) is 9.97. The van der Waals surface area contributed by atoms with Crippen molar-refractivity contribution in [2.75, 3.05) is 25.6 Å². The lowest BCUT2D eigenvalue weighted by Crippen LogP contribution is -2.36. The van der Waals surface area contributed by atoms with Gasteiger partial charge in [0.05, 0.1) is 23.1 Å². The Balaban J connectivity index is 1.76. The maximum absolute atomic E-state index is 13.3. The maximum atomic E-state index is 13.3. The van der Waals surface area contributed by atoms with Crippen LogP contribution < -0.4 is 14.8 Å². The number of carbonyl (C=O) groups is 3. The third-order valence-corrected chi connectivity index (χ3v) is 5.61. The van der Waals surface area contributed by atoms with Crippen molar-refractivity contribution in [2.24, 2.45) is 0 Å². The number of imide groups is 1. The Morgan fingerprint density at radius 1 is 1.29 bits per heavy atom. The molecule has 2 aromatic rings. The third-order valence-electron chi connectivity index (χ3n) is 4.12. The quantitative estimate of drug-likeness (QED) is 0.547. The molecule has 1 aliphatic heterocycles. The number of carbonyl (C=O) groups excluding carboxylic acids is 3. The lowest BCUT2D eigenvalue weighted by Gasteiger charge is -2.13. The molecule has 0 saturated carbocycles. The molecule has 0 atom stereocenters. The van der Waals surface area contributed by atoms with E-state index in [1.807, 2.05) is 6.92 Å². The van der Waals surface area contributed by atoms with E-state index < -0.39 is 29.4 Å². The normalized spacial score (nSPS) is 14.8. The van der Waals surface area contributed by atoms with E-state index in [9.17, 15) is 18.8 Å². The van der Waals surface area contributed by atoms with E-state index in [1.165, 1.54) is 25.3 Å². The van der Waals surface area contributed by atoms with Crippen molar-refractivity contribution in [2.45, 2.75) is 6.92 Å². The van der Waals surface area contributed by atoms with Crippen molar-refractivity contribution >= 4 is 56.5 Å². The number of nitrogens with one attached hydrogen (secondary N) is 1. The molecule has 3 amide bonds. The molecule has 162 valence electrons. The molecular formula is C21H18BrFN2O5S. The summed E-state index contributed by atoms with van der Waals surface area (Å²) < 4.78 is 24.8. The van der Waals surface area contributed by atoms with Crippen LogP contribution in [0.15, 0.2) is 45.8 Å². The number of amides is 3. The molecule has 0 unspecified atom stereocenters. The van der Waals surface area contributed by atoms with Gasteiger partial charge in [-0.25, -0.2) is 4.39 Å². The number of hydrogen-bond donors (Lipinski definition) is 1. The van der Waals surface area contributed by atoms with Gasteiger partial charge in [0.2, 0.25) is 5.91 Å². The van der Waals surface area contributed by atoms with E-state index in [1.54, 1.807) is 18.2 Å². The van der Waals surface area contributed by atoms with Crippen LogP contribution in [0, 0.1) is 5.82 Å². The minimum absolute atomic E-state index is 0.170. The number of anilines is 1. The van der Waals surface area contributed by atoms with Crippen molar-refractivity contribution in [3.8, 4) is 11.5 Å². The summed E-state index contributed by atoms with van der Waals surface area (Å²) in [6.45, 7) is 1.78. The second-order valence-corrected chi connectivity index (χ2v) is 8.14. The number of methoxy groups -OCH3 is 1. The van der Waals surface area contributed by atoms with Crippen LogP contribution in [0.25, 0.3) is 6.08 Å². The van der Waals surface area contributed by atoms with Crippen molar-refractivity contribution in [3.05, 3.63) is 57.2 Å². The zero-order valence-corrected chi connectivity index (χ0v) is 19.0. The number of nitrogens with zero attached hydrogens (tertiary/aromatic N) is 1. The predicted molar refractivity (Wildman–Crippen MR) is 120 cm³/mol. The first-order valence-electron chi connectivity index (χ1n) is 9.13. The zero-order valence-electron chi connectivity index (χ0n) is 16.6. The number of thioether (sulfide) groups is 1. The van der Waals surface area contributed by atoms with Crippen molar-refractivity contribution in [1.29, 1.82) is 0 Å². The van der Waals surface area contributed by atoms with Gasteiger partial charge in [0.25, 0.3) is 11.1 Å². The van der Waals surface area contributed by atoms with Crippen LogP contribution in [0.1, 0.15) is 12.5 Å². The molecule has 7 nitrogen and oxygen atoms in total. The predicted octanol–water partition coefficient (Wildman–Crippen LogP) is 4.67. The van der Waals surface area contributed by atoms with E-state index in [4.69, 9.17) is 9.47 Å². The highest BCUT2D eigenvalue weighted by molar-refractivity contribution is 9.10. The van der Waals surface area contributed by atoms with Crippen LogP contribution in [0.2, 0.25) is 0 Å². The molecule has 1 saturated heterocycles. The summed E-state index contributed by atoms with van der Waals surface area (Å²) in [6, 6.07) is 8.75. The Kier molecular flexibility index (Phi) is 7.34. The minimum atomic E-state index is -0.611. The van der Waals surface area contributed by atoms with E-state index >= 15 is 0 Å². The highest BCUT2D eigenvalue weighted by Gasteiger charge is 2.36. The van der Waals surface area contributed by atoms with Gasteiger partial charge in [-0.05, 0) is 76.6 Å². The molecule has 0 aliphatic carbocycles. The molecule has 1 fully saturated rings. The molecule has 0 bridgehead atoms. The average Bonchev–Trinajstić information content (AvgIpc) is 2.95. The Morgan fingerprint density at radius 2 is 2.06 bits per heavy atom. The molecule has 1 N–H and O–H groups in total. The second-order valence-electron chi connectivity index (χ2n) is 6.29. The fourth-order valence-corrected chi connectivity index (χ4v) is 4.29. The van der Waals surface area contributed by atoms with E-state index in [0.29, 0.717) is 28.1 Å². The molecule has 0 aromatic heterocycles. The fourth-order valence-electron chi connectivity index (χ4n) is 2.83. The standard InChI is InChI=1S/C21H18BrFN2O5S/c1-3-30-16-8-12(7-15(22)19(16)29-2)9-17-20(27)25(21(28)31-17)11-18(26)24-14-6-4-5-13(23)10-14/h4-10H,3,11H2,1-2H3,(H,24,26)/b17-9+. The van der Waals surface area contributed by atoms with Crippen LogP contribution in [-0.4, -0.2) is 42.2 Å². The van der Waals surface area contributed by atoms with Gasteiger partial charge in [-0.3, -0.25) is 19.3 Å². The Hall–Kier alpha value is -2.85. The Labute approximate surface area is 190 Å². The van der Waals surface area contributed by atoms with Crippen LogP contribution in [0.5, 0.6) is 11.5 Å². The molecule has 2 aromatic carbocycles. The van der Waals surface area contributed by atoms with Crippen LogP contribution in [0.4, 0.5) is 14.9 Å². The van der Waals surface area contributed by atoms with Gasteiger partial charge in [-0.15, -0.1) is 0 Å². The molecule has 10 heteroatoms. The van der Waals surface area contributed by atoms with Gasteiger partial charge in [0.15, 0.2) is 11.5 Å². The van der Waals surface area contributed by atoms with Gasteiger partial charge in [-0.1, -0.05) is 6.07 Å². The van der Waals surface area contributed by atoms with Crippen molar-refractivity contribution in [1.82, 2.24) is 4.90 Å². The number of rotatable bonds is 7. The van der Waals surface area contributed by atoms with Crippen LogP contribution >= 0.6 is 27.7 Å². The first-order chi connectivity index (χ1) is 14.8. The summed E-state index contributed by atoms with van der Waals surface area (Å²) in [5.41, 5.74) is 0.852. The van der Waals surface area contributed by atoms with E-state index in [2.05, 4.69) is 21.2 Å². The SMILES string of the molecule is CCOc1cc(/C=C2/SC(=O)N(CC(=O)Nc3cccc(F)c3)C2=O)cc(Br)c1OC. The molecule has 31 heavy (non-hydrogen) atoms. The fraction of sp³-hybridized carbons (Fsp3) is 0.190. The number of benzene rings is 2. The van der Waals surface area contributed by atoms with Crippen LogP contribution in [0.3, 0.4) is 0 Å². The molecule has 3 rings (SSSR count). The summed E-state index contributed by atoms with van der Waals surface area (Å²) in [4.78, 5) is 38.2. The van der Waals surface area contributed by atoms with E-state index in [0.717, 1.165) is 22.7 Å². The summed E-state index contributed by atoms with van der Waals surface area (Å²) >= 11 is 4.14. The molecule has 0 radical (unpaired) electrons. The lowest BCUT2D eigenvalue weighted by atomic mass is 10.2. The van der Waals surface area contributed by atoms with E-state index in [-0.39, 0.29) is 10.6 Å². The highest BCUT2D eigenvalue weighted by Crippen LogP contribution is 2.39. The van der Waals surface area contributed by atoms with Gasteiger partial charge in [0.1, 0.15) is 12.4 Å². The molecule has 1 heterocycles. The summed E-state index contributed by atoms with van der Waals surface area (Å²) in [7, 11) is 1.52. The lowest BCUT2D eigenvalue weighted by molar-refractivity contribution is -0.127. The van der Waals surface area contributed by atoms with Gasteiger partial charge < -0.3 is 14.8 Å².